The highest BCUT2D eigenvalue weighted by Gasteiger charge is 2.09. The van der Waals surface area contributed by atoms with E-state index in [1.54, 1.807) is 11.9 Å². The molecule has 34 heavy (non-hydrogen) atoms. The van der Waals surface area contributed by atoms with Gasteiger partial charge < -0.3 is 10.0 Å². The fourth-order valence-corrected chi connectivity index (χ4v) is 4.72. The maximum atomic E-state index is 4.59. The molecule has 0 fully saturated rings. The van der Waals surface area contributed by atoms with E-state index in [0.29, 0.717) is 0 Å². The van der Waals surface area contributed by atoms with Crippen molar-refractivity contribution in [3.63, 3.8) is 0 Å². The summed E-state index contributed by atoms with van der Waals surface area (Å²) in [5.41, 5.74) is 4.41. The third-order valence-electron chi connectivity index (χ3n) is 5.93. The topological polar surface area (TPSA) is 49.8 Å². The average Bonchev–Trinajstić information content (AvgIpc) is 2.88. The third-order valence-corrected chi connectivity index (χ3v) is 6.75. The lowest BCUT2D eigenvalue weighted by Crippen LogP contribution is -2.20. The minimum Gasteiger partial charge on any atom is -0.355 e. The zero-order valence-electron chi connectivity index (χ0n) is 20.4. The molecule has 0 spiro atoms. The van der Waals surface area contributed by atoms with Crippen LogP contribution in [0.1, 0.15) is 44.3 Å². The Labute approximate surface area is 206 Å². The molecular formula is C29H32N4S. The molecule has 0 radical (unpaired) electrons. The highest BCUT2D eigenvalue weighted by molar-refractivity contribution is 8.00. The molecule has 1 aromatic heterocycles. The Morgan fingerprint density at radius 3 is 2.35 bits per heavy atom. The van der Waals surface area contributed by atoms with Gasteiger partial charge in [-0.25, -0.2) is 9.97 Å². The quantitative estimate of drug-likeness (QED) is 0.288. The first kappa shape index (κ1) is 23.8. The van der Waals surface area contributed by atoms with E-state index in [1.807, 2.05) is 6.07 Å². The average molecular weight is 469 g/mol. The number of hydrogen-bond donors (Lipinski definition) is 2. The number of rotatable bonds is 8. The number of hydrogen-bond acceptors (Lipinski definition) is 5. The molecule has 0 saturated heterocycles. The normalized spacial score (nSPS) is 11.7. The van der Waals surface area contributed by atoms with Gasteiger partial charge in [-0.2, -0.15) is 0 Å². The first-order valence-corrected chi connectivity index (χ1v) is 12.7. The molecule has 0 aliphatic rings. The molecule has 4 aromatic rings. The SMILES string of the molecule is C=c1c(Nc2ccc(SNc3cc(CC)nc(CC)n3)cc2)c(C)c(=CCC)c2ccccc12. The fraction of sp³-hybridized carbons (Fsp3) is 0.241. The van der Waals surface area contributed by atoms with Crippen LogP contribution in [0.5, 0.6) is 0 Å². The lowest BCUT2D eigenvalue weighted by atomic mass is 9.99. The van der Waals surface area contributed by atoms with Crippen LogP contribution < -0.4 is 20.5 Å². The summed E-state index contributed by atoms with van der Waals surface area (Å²) >= 11 is 1.56. The van der Waals surface area contributed by atoms with Crippen molar-refractivity contribution in [2.45, 2.75) is 51.9 Å². The molecule has 0 aliphatic carbocycles. The summed E-state index contributed by atoms with van der Waals surface area (Å²) in [4.78, 5) is 10.3. The smallest absolute Gasteiger partial charge is 0.140 e. The lowest BCUT2D eigenvalue weighted by molar-refractivity contribution is 0.893. The van der Waals surface area contributed by atoms with Gasteiger partial charge in [-0.3, -0.25) is 0 Å². The Bertz CT molecular complexity index is 1390. The summed E-state index contributed by atoms with van der Waals surface area (Å²) in [6, 6.07) is 19.0. The zero-order chi connectivity index (χ0) is 24.1. The number of benzene rings is 3. The standard InChI is InChI=1S/C29H32N4S/c1-6-11-24-19(4)29(20(5)25-12-9-10-13-26(24)25)31-22-14-16-23(17-15-22)34-33-28-18-21(7-2)30-27(8-3)32-28/h9-18,31H,5-8H2,1-4H3,(H,30,32,33). The Morgan fingerprint density at radius 2 is 1.68 bits per heavy atom. The fourth-order valence-electron chi connectivity index (χ4n) is 4.12. The van der Waals surface area contributed by atoms with Gasteiger partial charge >= 0.3 is 0 Å². The van der Waals surface area contributed by atoms with Gasteiger partial charge in [0, 0.05) is 34.5 Å². The monoisotopic (exact) mass is 468 g/mol. The molecule has 0 bridgehead atoms. The van der Waals surface area contributed by atoms with E-state index < -0.39 is 0 Å². The summed E-state index contributed by atoms with van der Waals surface area (Å²) in [5.74, 6) is 1.72. The van der Waals surface area contributed by atoms with E-state index in [2.05, 4.69) is 109 Å². The predicted octanol–water partition coefficient (Wildman–Crippen LogP) is 6.53. The number of aromatic nitrogens is 2. The number of nitrogens with zero attached hydrogens (tertiary/aromatic N) is 2. The van der Waals surface area contributed by atoms with Crippen LogP contribution in [-0.4, -0.2) is 9.97 Å². The summed E-state index contributed by atoms with van der Waals surface area (Å²) in [7, 11) is 0. The van der Waals surface area contributed by atoms with Crippen molar-refractivity contribution in [1.29, 1.82) is 0 Å². The van der Waals surface area contributed by atoms with E-state index in [-0.39, 0.29) is 0 Å². The van der Waals surface area contributed by atoms with Crippen LogP contribution in [0.15, 0.2) is 59.5 Å². The van der Waals surface area contributed by atoms with Crippen LogP contribution in [0.3, 0.4) is 0 Å². The van der Waals surface area contributed by atoms with Crippen LogP contribution in [0.2, 0.25) is 0 Å². The van der Waals surface area contributed by atoms with Gasteiger partial charge in [-0.15, -0.1) is 0 Å². The molecular weight excluding hydrogens is 436 g/mol. The number of fused-ring (bicyclic) bond motifs is 1. The maximum absolute atomic E-state index is 4.59. The molecule has 2 N–H and O–H groups in total. The van der Waals surface area contributed by atoms with Crippen molar-refractivity contribution >= 4 is 52.6 Å². The van der Waals surface area contributed by atoms with Crippen LogP contribution in [0.4, 0.5) is 17.2 Å². The van der Waals surface area contributed by atoms with Crippen LogP contribution in [-0.2, 0) is 12.8 Å². The van der Waals surface area contributed by atoms with E-state index in [0.717, 1.165) is 58.1 Å². The Balaban J connectivity index is 1.56. The van der Waals surface area contributed by atoms with Crippen molar-refractivity contribution in [1.82, 2.24) is 9.97 Å². The van der Waals surface area contributed by atoms with Crippen molar-refractivity contribution < 1.29 is 0 Å². The Kier molecular flexibility index (Phi) is 7.53. The molecule has 0 saturated carbocycles. The molecule has 4 nitrogen and oxygen atoms in total. The minimum absolute atomic E-state index is 0.827. The molecule has 0 amide bonds. The van der Waals surface area contributed by atoms with Gasteiger partial charge in [0.2, 0.25) is 0 Å². The highest BCUT2D eigenvalue weighted by Crippen LogP contribution is 2.24. The van der Waals surface area contributed by atoms with Crippen molar-refractivity contribution in [3.05, 3.63) is 82.1 Å². The van der Waals surface area contributed by atoms with Gasteiger partial charge in [0.05, 0.1) is 0 Å². The van der Waals surface area contributed by atoms with Gasteiger partial charge in [-0.1, -0.05) is 57.7 Å². The summed E-state index contributed by atoms with van der Waals surface area (Å²) in [5, 5.41) is 8.40. The van der Waals surface area contributed by atoms with E-state index >= 15 is 0 Å². The molecule has 4 rings (SSSR count). The van der Waals surface area contributed by atoms with Crippen LogP contribution >= 0.6 is 11.9 Å². The third kappa shape index (κ3) is 5.10. The second-order valence-electron chi connectivity index (χ2n) is 8.27. The summed E-state index contributed by atoms with van der Waals surface area (Å²) in [6.45, 7) is 13.0. The van der Waals surface area contributed by atoms with E-state index in [4.69, 9.17) is 0 Å². The minimum atomic E-state index is 0.827. The van der Waals surface area contributed by atoms with Crippen LogP contribution in [0, 0.1) is 6.92 Å². The Hall–Kier alpha value is -3.31. The van der Waals surface area contributed by atoms with Gasteiger partial charge in [0.15, 0.2) is 0 Å². The Morgan fingerprint density at radius 1 is 0.941 bits per heavy atom. The van der Waals surface area contributed by atoms with Gasteiger partial charge in [0.25, 0.3) is 0 Å². The molecule has 0 unspecified atom stereocenters. The molecule has 1 heterocycles. The van der Waals surface area contributed by atoms with Gasteiger partial charge in [-0.05, 0) is 82.8 Å². The van der Waals surface area contributed by atoms with Crippen molar-refractivity contribution in [3.8, 4) is 0 Å². The van der Waals surface area contributed by atoms with E-state index in [9.17, 15) is 0 Å². The first-order valence-electron chi connectivity index (χ1n) is 11.9. The molecule has 0 atom stereocenters. The second kappa shape index (κ2) is 10.7. The van der Waals surface area contributed by atoms with Crippen molar-refractivity contribution in [2.24, 2.45) is 0 Å². The first-order chi connectivity index (χ1) is 16.5. The maximum Gasteiger partial charge on any atom is 0.140 e. The van der Waals surface area contributed by atoms with Crippen LogP contribution in [0.25, 0.3) is 23.4 Å². The molecule has 174 valence electrons. The lowest BCUT2D eigenvalue weighted by Gasteiger charge is -2.15. The predicted molar refractivity (Wildman–Crippen MR) is 148 cm³/mol. The summed E-state index contributed by atoms with van der Waals surface area (Å²) < 4.78 is 3.37. The molecule has 3 aromatic carbocycles. The molecule has 0 aliphatic heterocycles. The number of nitrogens with one attached hydrogen (secondary N) is 2. The summed E-state index contributed by atoms with van der Waals surface area (Å²) in [6.07, 6.45) is 5.02. The van der Waals surface area contributed by atoms with Gasteiger partial charge in [0.1, 0.15) is 11.6 Å². The largest absolute Gasteiger partial charge is 0.355 e. The number of anilines is 3. The van der Waals surface area contributed by atoms with E-state index in [1.165, 1.54) is 21.6 Å². The molecule has 5 heteroatoms. The zero-order valence-corrected chi connectivity index (χ0v) is 21.2. The second-order valence-corrected chi connectivity index (χ2v) is 9.15. The number of aryl methyl sites for hydroxylation is 2. The highest BCUT2D eigenvalue weighted by atomic mass is 32.2. The van der Waals surface area contributed by atoms with Crippen molar-refractivity contribution in [2.75, 3.05) is 10.0 Å².